The predicted octanol–water partition coefficient (Wildman–Crippen LogP) is 1.19. The number of nitrogens with zero attached hydrogens (tertiary/aromatic N) is 3. The maximum absolute atomic E-state index is 12.4. The number of fused-ring (bicyclic) bond motifs is 2. The molecule has 0 bridgehead atoms. The Hall–Kier alpha value is -1.43. The topological polar surface area (TPSA) is 36.0 Å². The summed E-state index contributed by atoms with van der Waals surface area (Å²) in [5, 5.41) is 0. The maximum Gasteiger partial charge on any atom is 0.225 e. The molecule has 1 atom stereocenters. The van der Waals surface area contributed by atoms with E-state index in [1.54, 1.807) is 0 Å². The van der Waals surface area contributed by atoms with Crippen LogP contribution in [0, 0.1) is 5.92 Å². The fraction of sp³-hybridized carbons (Fsp3) is 0.650. The van der Waals surface area contributed by atoms with Gasteiger partial charge >= 0.3 is 0 Å². The van der Waals surface area contributed by atoms with E-state index in [-0.39, 0.29) is 5.54 Å². The summed E-state index contributed by atoms with van der Waals surface area (Å²) in [5.41, 5.74) is 1.51. The van der Waals surface area contributed by atoms with Gasteiger partial charge in [0.1, 0.15) is 0 Å². The number of carbonyl (C=O) groups excluding carboxylic acids is 1. The van der Waals surface area contributed by atoms with Gasteiger partial charge in [0, 0.05) is 51.2 Å². The molecule has 1 spiro atoms. The highest BCUT2D eigenvalue weighted by Gasteiger charge is 2.56. The van der Waals surface area contributed by atoms with E-state index >= 15 is 0 Å². The van der Waals surface area contributed by atoms with Gasteiger partial charge in [-0.2, -0.15) is 0 Å². The summed E-state index contributed by atoms with van der Waals surface area (Å²) in [4.78, 5) is 19.8. The molecule has 0 aromatic heterocycles. The van der Waals surface area contributed by atoms with Crippen LogP contribution < -0.4 is 0 Å². The fourth-order valence-electron chi connectivity index (χ4n) is 4.95. The molecule has 5 rings (SSSR count). The molecule has 3 heterocycles. The Morgan fingerprint density at radius 2 is 1.96 bits per heavy atom. The average Bonchev–Trinajstić information content (AvgIpc) is 3.44. The SMILES string of the molecule is O=C(C1CC1)N1CC2(CN(Cc3ccccc3)CC3COCCN32)C1. The number of benzene rings is 1. The van der Waals surface area contributed by atoms with Crippen molar-refractivity contribution in [2.75, 3.05) is 45.9 Å². The Morgan fingerprint density at radius 1 is 1.16 bits per heavy atom. The lowest BCUT2D eigenvalue weighted by atomic mass is 9.82. The lowest BCUT2D eigenvalue weighted by molar-refractivity contribution is -0.178. The highest BCUT2D eigenvalue weighted by atomic mass is 16.5. The highest BCUT2D eigenvalue weighted by Crippen LogP contribution is 2.39. The molecule has 1 aromatic rings. The van der Waals surface area contributed by atoms with Gasteiger partial charge in [-0.3, -0.25) is 14.6 Å². The van der Waals surface area contributed by atoms with Gasteiger partial charge in [0.15, 0.2) is 0 Å². The zero-order valence-electron chi connectivity index (χ0n) is 14.8. The van der Waals surface area contributed by atoms with Crippen LogP contribution in [0.1, 0.15) is 18.4 Å². The van der Waals surface area contributed by atoms with Crippen molar-refractivity contribution in [2.45, 2.75) is 31.0 Å². The largest absolute Gasteiger partial charge is 0.378 e. The number of morpholine rings is 1. The first kappa shape index (κ1) is 15.8. The summed E-state index contributed by atoms with van der Waals surface area (Å²) < 4.78 is 5.77. The Labute approximate surface area is 149 Å². The number of ether oxygens (including phenoxy) is 1. The quantitative estimate of drug-likeness (QED) is 0.828. The monoisotopic (exact) mass is 341 g/mol. The Kier molecular flexibility index (Phi) is 3.84. The summed E-state index contributed by atoms with van der Waals surface area (Å²) in [6.45, 7) is 7.59. The molecule has 1 aliphatic carbocycles. The van der Waals surface area contributed by atoms with Crippen LogP contribution in [0.25, 0.3) is 0 Å². The number of hydrogen-bond donors (Lipinski definition) is 0. The zero-order chi connectivity index (χ0) is 16.9. The van der Waals surface area contributed by atoms with E-state index < -0.39 is 0 Å². The van der Waals surface area contributed by atoms with Crippen LogP contribution in [-0.2, 0) is 16.1 Å². The number of likely N-dealkylation sites (tertiary alicyclic amines) is 1. The van der Waals surface area contributed by atoms with Gasteiger partial charge in [-0.05, 0) is 18.4 Å². The van der Waals surface area contributed by atoms with Gasteiger partial charge in [-0.1, -0.05) is 30.3 Å². The summed E-state index contributed by atoms with van der Waals surface area (Å²) >= 11 is 0. The van der Waals surface area contributed by atoms with E-state index in [9.17, 15) is 4.79 Å². The second-order valence-corrected chi connectivity index (χ2v) is 8.27. The van der Waals surface area contributed by atoms with Crippen LogP contribution in [0.5, 0.6) is 0 Å². The van der Waals surface area contributed by atoms with E-state index in [0.717, 1.165) is 65.3 Å². The Morgan fingerprint density at radius 3 is 2.72 bits per heavy atom. The van der Waals surface area contributed by atoms with Gasteiger partial charge in [0.05, 0.1) is 18.8 Å². The number of carbonyl (C=O) groups is 1. The zero-order valence-corrected chi connectivity index (χ0v) is 14.8. The first-order chi connectivity index (χ1) is 12.2. The average molecular weight is 341 g/mol. The third-order valence-corrected chi connectivity index (χ3v) is 6.28. The molecule has 3 saturated heterocycles. The van der Waals surface area contributed by atoms with Crippen LogP contribution in [0.15, 0.2) is 30.3 Å². The predicted molar refractivity (Wildman–Crippen MR) is 95.1 cm³/mol. The van der Waals surface area contributed by atoms with E-state index in [4.69, 9.17) is 4.74 Å². The normalized spacial score (nSPS) is 29.3. The van der Waals surface area contributed by atoms with E-state index in [2.05, 4.69) is 45.0 Å². The molecule has 134 valence electrons. The lowest BCUT2D eigenvalue weighted by Crippen LogP contribution is -2.81. The molecule has 1 amide bonds. The number of rotatable bonds is 3. The third kappa shape index (κ3) is 2.88. The number of hydrogen-bond acceptors (Lipinski definition) is 4. The number of piperazine rings is 1. The van der Waals surface area contributed by atoms with Crippen molar-refractivity contribution < 1.29 is 9.53 Å². The smallest absolute Gasteiger partial charge is 0.225 e. The van der Waals surface area contributed by atoms with Crippen LogP contribution in [0.3, 0.4) is 0 Å². The molecule has 5 nitrogen and oxygen atoms in total. The standard InChI is InChI=1S/C20H27N3O2/c24-19(17-6-7-17)22-14-20(15-22)13-21(10-16-4-2-1-3-5-16)11-18-12-25-9-8-23(18)20/h1-5,17-18H,6-15H2. The van der Waals surface area contributed by atoms with Crippen molar-refractivity contribution in [1.29, 1.82) is 0 Å². The second kappa shape index (κ2) is 6.08. The van der Waals surface area contributed by atoms with Crippen LogP contribution >= 0.6 is 0 Å². The van der Waals surface area contributed by atoms with Crippen molar-refractivity contribution in [1.82, 2.24) is 14.7 Å². The van der Waals surface area contributed by atoms with Crippen LogP contribution in [0.2, 0.25) is 0 Å². The molecule has 1 aromatic carbocycles. The van der Waals surface area contributed by atoms with Crippen molar-refractivity contribution in [2.24, 2.45) is 5.92 Å². The van der Waals surface area contributed by atoms with Crippen molar-refractivity contribution in [3.63, 3.8) is 0 Å². The van der Waals surface area contributed by atoms with Gasteiger partial charge in [0.2, 0.25) is 5.91 Å². The third-order valence-electron chi connectivity index (χ3n) is 6.28. The molecular weight excluding hydrogens is 314 g/mol. The molecule has 25 heavy (non-hydrogen) atoms. The molecule has 1 saturated carbocycles. The van der Waals surface area contributed by atoms with Crippen LogP contribution in [0.4, 0.5) is 0 Å². The molecule has 1 unspecified atom stereocenters. The van der Waals surface area contributed by atoms with Gasteiger partial charge in [-0.15, -0.1) is 0 Å². The van der Waals surface area contributed by atoms with Gasteiger partial charge in [0.25, 0.3) is 0 Å². The van der Waals surface area contributed by atoms with E-state index in [1.807, 2.05) is 0 Å². The Balaban J connectivity index is 1.32. The van der Waals surface area contributed by atoms with Crippen molar-refractivity contribution in [3.8, 4) is 0 Å². The first-order valence-corrected chi connectivity index (χ1v) is 9.63. The summed E-state index contributed by atoms with van der Waals surface area (Å²) in [5.74, 6) is 0.734. The minimum Gasteiger partial charge on any atom is -0.378 e. The maximum atomic E-state index is 12.4. The molecule has 3 aliphatic heterocycles. The molecule has 4 fully saturated rings. The Bertz CT molecular complexity index is 640. The van der Waals surface area contributed by atoms with Crippen molar-refractivity contribution >= 4 is 5.91 Å². The van der Waals surface area contributed by atoms with Crippen LogP contribution in [-0.4, -0.2) is 78.1 Å². The first-order valence-electron chi connectivity index (χ1n) is 9.63. The lowest BCUT2D eigenvalue weighted by Gasteiger charge is -2.63. The van der Waals surface area contributed by atoms with E-state index in [0.29, 0.717) is 17.9 Å². The minimum absolute atomic E-state index is 0.145. The summed E-state index contributed by atoms with van der Waals surface area (Å²) in [6.07, 6.45) is 2.20. The summed E-state index contributed by atoms with van der Waals surface area (Å²) in [6, 6.07) is 11.2. The summed E-state index contributed by atoms with van der Waals surface area (Å²) in [7, 11) is 0. The molecule has 5 heteroatoms. The molecule has 0 N–H and O–H groups in total. The molecular formula is C20H27N3O2. The van der Waals surface area contributed by atoms with Gasteiger partial charge in [-0.25, -0.2) is 0 Å². The minimum atomic E-state index is 0.145. The molecule has 0 radical (unpaired) electrons. The van der Waals surface area contributed by atoms with E-state index in [1.165, 1.54) is 5.56 Å². The molecule has 4 aliphatic rings. The number of amides is 1. The highest BCUT2D eigenvalue weighted by molar-refractivity contribution is 5.82. The second-order valence-electron chi connectivity index (χ2n) is 8.27. The van der Waals surface area contributed by atoms with Crippen molar-refractivity contribution in [3.05, 3.63) is 35.9 Å². The fourth-order valence-corrected chi connectivity index (χ4v) is 4.95. The van der Waals surface area contributed by atoms with Gasteiger partial charge < -0.3 is 9.64 Å².